The Balaban J connectivity index is 0.000000346. The zero-order valence-corrected chi connectivity index (χ0v) is 12.6. The van der Waals surface area contributed by atoms with Crippen molar-refractivity contribution < 1.29 is 22.7 Å². The maximum Gasteiger partial charge on any atom is 0.416 e. The predicted octanol–water partition coefficient (Wildman–Crippen LogP) is 3.48. The van der Waals surface area contributed by atoms with E-state index in [2.05, 4.69) is 10.1 Å². The number of nitrogens with one attached hydrogen (secondary N) is 1. The van der Waals surface area contributed by atoms with E-state index in [1.807, 2.05) is 13.8 Å². The predicted molar refractivity (Wildman–Crippen MR) is 78.4 cm³/mol. The molecule has 0 unspecified atom stereocenters. The molecule has 0 aromatic heterocycles. The van der Waals surface area contributed by atoms with Crippen LogP contribution in [0.4, 0.5) is 18.9 Å². The first-order valence-electron chi connectivity index (χ1n) is 7.08. The monoisotopic (exact) mass is 318 g/mol. The first-order chi connectivity index (χ1) is 10.3. The smallest absolute Gasteiger partial charge is 0.416 e. The summed E-state index contributed by atoms with van der Waals surface area (Å²) in [7, 11) is 0. The maximum atomic E-state index is 12.5. The molecule has 1 aromatic rings. The number of benzene rings is 1. The van der Waals surface area contributed by atoms with E-state index < -0.39 is 11.7 Å². The molecule has 0 spiro atoms. The molecule has 0 bridgehead atoms. The lowest BCUT2D eigenvalue weighted by Crippen LogP contribution is -2.29. The summed E-state index contributed by atoms with van der Waals surface area (Å²) in [5, 5.41) is 3.12. The topological polar surface area (TPSA) is 64.3 Å². The number of ether oxygens (including phenoxy) is 1. The van der Waals surface area contributed by atoms with Crippen LogP contribution in [0.25, 0.3) is 0 Å². The molecule has 1 aliphatic rings. The van der Waals surface area contributed by atoms with E-state index in [0.717, 1.165) is 18.6 Å². The summed E-state index contributed by atoms with van der Waals surface area (Å²) in [4.78, 5) is 9.34. The number of nitrogens with two attached hydrogens (primary N) is 1. The molecule has 124 valence electrons. The van der Waals surface area contributed by atoms with E-state index in [4.69, 9.17) is 5.73 Å². The molecule has 22 heavy (non-hydrogen) atoms. The third-order valence-corrected chi connectivity index (χ3v) is 3.18. The Morgan fingerprint density at radius 1 is 1.45 bits per heavy atom. The van der Waals surface area contributed by atoms with E-state index in [1.54, 1.807) is 0 Å². The quantitative estimate of drug-likeness (QED) is 0.661. The number of rotatable bonds is 3. The van der Waals surface area contributed by atoms with Crippen molar-refractivity contribution in [1.82, 2.24) is 0 Å². The largest absolute Gasteiger partial charge is 0.468 e. The first-order valence-corrected chi connectivity index (χ1v) is 7.08. The summed E-state index contributed by atoms with van der Waals surface area (Å²) in [5.41, 5.74) is 6.46. The van der Waals surface area contributed by atoms with Gasteiger partial charge >= 0.3 is 6.18 Å². The second-order valence-corrected chi connectivity index (χ2v) is 5.15. The van der Waals surface area contributed by atoms with Gasteiger partial charge in [0.1, 0.15) is 0 Å². The summed E-state index contributed by atoms with van der Waals surface area (Å²) in [6.07, 6.45) is -2.76. The van der Waals surface area contributed by atoms with Gasteiger partial charge in [0.2, 0.25) is 0 Å². The van der Waals surface area contributed by atoms with Gasteiger partial charge in [-0.15, -0.1) is 0 Å². The van der Waals surface area contributed by atoms with Gasteiger partial charge in [0.25, 0.3) is 6.47 Å². The van der Waals surface area contributed by atoms with Crippen LogP contribution in [0.5, 0.6) is 0 Å². The molecule has 1 heterocycles. The molecule has 3 N–H and O–H groups in total. The fourth-order valence-corrected chi connectivity index (χ4v) is 2.18. The number of carbonyl (C=O) groups is 1. The van der Waals surface area contributed by atoms with Crippen molar-refractivity contribution in [3.63, 3.8) is 0 Å². The molecule has 0 aliphatic carbocycles. The number of fused-ring (bicyclic) bond motifs is 1. The van der Waals surface area contributed by atoms with Crippen molar-refractivity contribution in [1.29, 1.82) is 0 Å². The number of hydrogen-bond donors (Lipinski definition) is 2. The second-order valence-electron chi connectivity index (χ2n) is 5.15. The van der Waals surface area contributed by atoms with Gasteiger partial charge in [-0.05, 0) is 43.5 Å². The summed E-state index contributed by atoms with van der Waals surface area (Å²) < 4.78 is 41.8. The van der Waals surface area contributed by atoms with E-state index >= 15 is 0 Å². The van der Waals surface area contributed by atoms with Crippen molar-refractivity contribution in [3.8, 4) is 0 Å². The minimum absolute atomic E-state index is 0.194. The van der Waals surface area contributed by atoms with Crippen LogP contribution in [0.2, 0.25) is 0 Å². The molecule has 0 amide bonds. The third kappa shape index (κ3) is 5.22. The number of hydrogen-bond acceptors (Lipinski definition) is 4. The van der Waals surface area contributed by atoms with E-state index in [1.165, 1.54) is 6.07 Å². The molecule has 7 heteroatoms. The van der Waals surface area contributed by atoms with Gasteiger partial charge in [0, 0.05) is 17.8 Å². The highest BCUT2D eigenvalue weighted by molar-refractivity contribution is 5.57. The summed E-state index contributed by atoms with van der Waals surface area (Å²) in [5.74, 6) is 0. The zero-order valence-electron chi connectivity index (χ0n) is 12.6. The Bertz CT molecular complexity index is 492. The molecular formula is C15H21F3N2O2. The summed E-state index contributed by atoms with van der Waals surface area (Å²) in [6, 6.07) is 3.54. The summed E-state index contributed by atoms with van der Waals surface area (Å²) in [6.45, 7) is 4.91. The number of carbonyl (C=O) groups excluding carboxylic acids is 1. The van der Waals surface area contributed by atoms with E-state index in [-0.39, 0.29) is 12.1 Å². The minimum atomic E-state index is -4.31. The second kappa shape index (κ2) is 8.03. The van der Waals surface area contributed by atoms with Gasteiger partial charge in [-0.25, -0.2) is 0 Å². The Morgan fingerprint density at radius 3 is 2.64 bits per heavy atom. The highest BCUT2D eigenvalue weighted by atomic mass is 19.4. The van der Waals surface area contributed by atoms with Crippen LogP contribution >= 0.6 is 0 Å². The van der Waals surface area contributed by atoms with Crippen LogP contribution in [0, 0.1) is 0 Å². The van der Waals surface area contributed by atoms with Crippen molar-refractivity contribution in [2.45, 2.75) is 44.9 Å². The highest BCUT2D eigenvalue weighted by Gasteiger charge is 2.32. The Hall–Kier alpha value is -1.76. The molecule has 2 rings (SSSR count). The van der Waals surface area contributed by atoms with Gasteiger partial charge in [0.05, 0.1) is 12.2 Å². The maximum absolute atomic E-state index is 12.5. The Morgan fingerprint density at radius 2 is 2.14 bits per heavy atom. The molecule has 1 aromatic carbocycles. The first kappa shape index (κ1) is 18.3. The zero-order chi connectivity index (χ0) is 16.8. The molecule has 4 nitrogen and oxygen atoms in total. The van der Waals surface area contributed by atoms with Gasteiger partial charge in [-0.2, -0.15) is 13.2 Å². The summed E-state index contributed by atoms with van der Waals surface area (Å²) >= 11 is 0. The van der Waals surface area contributed by atoms with Crippen molar-refractivity contribution in [2.24, 2.45) is 5.73 Å². The standard InChI is InChI=1S/C11H13F3N2.C4H8O2/c1-6-4-9(15)8-5-7(11(12,13)14)2-3-10(8)16-6;1-2-3-6-4-5/h2-3,5-6,9,16H,4,15H2,1H3;4H,2-3H2,1H3/t6-,9+;/m1./s1. The number of alkyl halides is 3. The van der Waals surface area contributed by atoms with E-state index in [9.17, 15) is 18.0 Å². The lowest BCUT2D eigenvalue weighted by atomic mass is 9.93. The normalized spacial score (nSPS) is 20.1. The Labute approximate surface area is 127 Å². The van der Waals surface area contributed by atoms with Crippen LogP contribution in [-0.2, 0) is 15.7 Å². The lowest BCUT2D eigenvalue weighted by molar-refractivity contribution is -0.137. The average molecular weight is 318 g/mol. The van der Waals surface area contributed by atoms with Crippen LogP contribution in [0.15, 0.2) is 18.2 Å². The van der Waals surface area contributed by atoms with E-state index in [0.29, 0.717) is 30.8 Å². The van der Waals surface area contributed by atoms with Crippen LogP contribution < -0.4 is 11.1 Å². The van der Waals surface area contributed by atoms with Crippen molar-refractivity contribution in [3.05, 3.63) is 29.3 Å². The van der Waals surface area contributed by atoms with Crippen LogP contribution in [0.3, 0.4) is 0 Å². The molecular weight excluding hydrogens is 297 g/mol. The molecule has 0 saturated heterocycles. The fourth-order valence-electron chi connectivity index (χ4n) is 2.18. The minimum Gasteiger partial charge on any atom is -0.468 e. The van der Waals surface area contributed by atoms with Crippen molar-refractivity contribution in [2.75, 3.05) is 11.9 Å². The molecule has 0 radical (unpaired) electrons. The lowest BCUT2D eigenvalue weighted by Gasteiger charge is -2.29. The van der Waals surface area contributed by atoms with Gasteiger partial charge in [-0.1, -0.05) is 6.92 Å². The van der Waals surface area contributed by atoms with Gasteiger partial charge < -0.3 is 15.8 Å². The SMILES string of the molecule is CCCOC=O.C[C@@H]1C[C@H](N)c2cc(C(F)(F)F)ccc2N1. The molecule has 2 atom stereocenters. The van der Waals surface area contributed by atoms with Gasteiger partial charge in [-0.3, -0.25) is 4.79 Å². The molecule has 1 aliphatic heterocycles. The molecule has 0 saturated carbocycles. The van der Waals surface area contributed by atoms with Crippen LogP contribution in [-0.4, -0.2) is 19.1 Å². The van der Waals surface area contributed by atoms with Gasteiger partial charge in [0.15, 0.2) is 0 Å². The fraction of sp³-hybridized carbons (Fsp3) is 0.533. The molecule has 0 fully saturated rings. The number of anilines is 1. The Kier molecular flexibility index (Phi) is 6.67. The average Bonchev–Trinajstić information content (AvgIpc) is 2.44. The van der Waals surface area contributed by atoms with Crippen molar-refractivity contribution >= 4 is 12.2 Å². The highest BCUT2D eigenvalue weighted by Crippen LogP contribution is 2.36. The number of halogens is 3. The third-order valence-electron chi connectivity index (χ3n) is 3.18. The van der Waals surface area contributed by atoms with Crippen LogP contribution in [0.1, 0.15) is 43.9 Å².